The van der Waals surface area contributed by atoms with E-state index in [1.54, 1.807) is 6.92 Å². The number of fused-ring (bicyclic) bond motifs is 3. The van der Waals surface area contributed by atoms with E-state index >= 15 is 0 Å². The number of rotatable bonds is 5. The minimum Gasteiger partial charge on any atom is -0.449 e. The Kier molecular flexibility index (Phi) is 7.29. The van der Waals surface area contributed by atoms with Crippen LogP contribution in [0.15, 0.2) is 54.6 Å². The topological polar surface area (TPSA) is 38.3 Å². The summed E-state index contributed by atoms with van der Waals surface area (Å²) in [7, 11) is -1.80. The maximum absolute atomic E-state index is 13.9. The third-order valence-electron chi connectivity index (χ3n) is 6.68. The second-order valence-electron chi connectivity index (χ2n) is 10.5. The Balaban J connectivity index is 1.52. The van der Waals surface area contributed by atoms with Crippen molar-refractivity contribution in [2.75, 3.05) is 6.61 Å². The Hall–Kier alpha value is -3.44. The van der Waals surface area contributed by atoms with Crippen LogP contribution < -0.4 is 10.8 Å². The summed E-state index contributed by atoms with van der Waals surface area (Å²) in [5.74, 6) is 2.93. The van der Waals surface area contributed by atoms with Crippen LogP contribution in [0.3, 0.4) is 0 Å². The van der Waals surface area contributed by atoms with E-state index in [0.29, 0.717) is 16.7 Å². The molecule has 8 heteroatoms. The molecule has 0 unspecified atom stereocenters. The summed E-state index contributed by atoms with van der Waals surface area (Å²) in [6, 6.07) is 17.2. The Labute approximate surface area is 217 Å². The summed E-state index contributed by atoms with van der Waals surface area (Å²) in [6.45, 7) is 4.18. The molecule has 0 heterocycles. The van der Waals surface area contributed by atoms with Gasteiger partial charge in [-0.1, -0.05) is 85.7 Å². The minimum absolute atomic E-state index is 0.0798. The van der Waals surface area contributed by atoms with E-state index in [1.165, 1.54) is 6.92 Å². The molecule has 0 atom stereocenters. The summed E-state index contributed by atoms with van der Waals surface area (Å²) in [5.41, 5.74) is 8.49. The zero-order chi connectivity index (χ0) is 27.0. The molecule has 4 rings (SSSR count). The molecule has 37 heavy (non-hydrogen) atoms. The molecule has 1 amide bonds. The molecule has 0 bridgehead atoms. The van der Waals surface area contributed by atoms with Gasteiger partial charge >= 0.3 is 13.1 Å². The fourth-order valence-corrected chi connectivity index (χ4v) is 5.27. The lowest BCUT2D eigenvalue weighted by Crippen LogP contribution is -2.38. The van der Waals surface area contributed by atoms with E-state index in [9.17, 15) is 17.7 Å². The quantitative estimate of drug-likeness (QED) is 0.303. The molecule has 3 aromatic carbocycles. The normalized spacial score (nSPS) is 12.9. The van der Waals surface area contributed by atoms with Crippen molar-refractivity contribution < 1.29 is 22.5 Å². The summed E-state index contributed by atoms with van der Waals surface area (Å²) >= 11 is 0. The van der Waals surface area contributed by atoms with Crippen molar-refractivity contribution in [3.63, 3.8) is 0 Å². The number of nitrogens with one attached hydrogen (secondary N) is 1. The van der Waals surface area contributed by atoms with Crippen molar-refractivity contribution in [1.82, 2.24) is 5.32 Å². The fraction of sp³-hybridized carbons (Fsp3) is 0.276. The van der Waals surface area contributed by atoms with Gasteiger partial charge in [-0.3, -0.25) is 0 Å². The molecular weight excluding hydrogens is 490 g/mol. The molecular formula is C29H30BF3NO2Si-. The Morgan fingerprint density at radius 1 is 0.973 bits per heavy atom. The van der Waals surface area contributed by atoms with Gasteiger partial charge in [0.25, 0.3) is 0 Å². The third kappa shape index (κ3) is 5.78. The van der Waals surface area contributed by atoms with Crippen LogP contribution in [0.25, 0.3) is 11.1 Å². The van der Waals surface area contributed by atoms with Crippen LogP contribution in [-0.4, -0.2) is 27.8 Å². The van der Waals surface area contributed by atoms with E-state index < -0.39 is 26.6 Å². The third-order valence-corrected chi connectivity index (χ3v) is 7.55. The van der Waals surface area contributed by atoms with Crippen molar-refractivity contribution in [3.05, 3.63) is 88.0 Å². The standard InChI is InChI=1S/C29H30BF3NO2Si/c1-19-21(16-28(30(31,32)33)20(2)22(19)14-15-37(3,4)5)17-34-29(35)36-18-27-25-12-8-6-10-23(25)24-11-7-9-13-26(24)27/h6-13,16,27H,17-18H2,1-5H3,(H,34,35)/q-1. The van der Waals surface area contributed by atoms with E-state index in [0.717, 1.165) is 28.3 Å². The van der Waals surface area contributed by atoms with Crippen molar-refractivity contribution in [2.45, 2.75) is 46.0 Å². The molecule has 192 valence electrons. The molecule has 1 aliphatic carbocycles. The predicted octanol–water partition coefficient (Wildman–Crippen LogP) is 6.63. The SMILES string of the molecule is Cc1c(CNC(=O)OCC2c3ccccc3-c3ccccc32)cc([B-](F)(F)F)c(C)c1C#C[Si](C)(C)C. The molecule has 0 radical (unpaired) electrons. The number of hydrogen-bond donors (Lipinski definition) is 1. The van der Waals surface area contributed by atoms with Gasteiger partial charge in [-0.15, -0.1) is 11.0 Å². The van der Waals surface area contributed by atoms with Gasteiger partial charge < -0.3 is 23.0 Å². The van der Waals surface area contributed by atoms with Crippen LogP contribution in [0.1, 0.15) is 39.3 Å². The Morgan fingerprint density at radius 2 is 1.54 bits per heavy atom. The summed E-state index contributed by atoms with van der Waals surface area (Å²) in [4.78, 5) is 12.6. The molecule has 0 spiro atoms. The van der Waals surface area contributed by atoms with Crippen LogP contribution in [0.2, 0.25) is 19.6 Å². The number of carbonyl (C=O) groups is 1. The first-order valence-corrected chi connectivity index (χ1v) is 15.8. The second kappa shape index (κ2) is 10.1. The van der Waals surface area contributed by atoms with Crippen LogP contribution in [-0.2, 0) is 11.3 Å². The van der Waals surface area contributed by atoms with Gasteiger partial charge in [0.1, 0.15) is 14.7 Å². The molecule has 0 saturated heterocycles. The number of carbonyl (C=O) groups excluding carboxylic acids is 1. The average molecular weight is 520 g/mol. The molecule has 3 aromatic rings. The molecule has 0 aliphatic heterocycles. The van der Waals surface area contributed by atoms with Crippen LogP contribution in [0.5, 0.6) is 0 Å². The number of benzene rings is 3. The van der Waals surface area contributed by atoms with Crippen molar-refractivity contribution in [1.29, 1.82) is 0 Å². The molecule has 0 aromatic heterocycles. The van der Waals surface area contributed by atoms with Crippen LogP contribution >= 0.6 is 0 Å². The smallest absolute Gasteiger partial charge is 0.449 e. The number of amides is 1. The number of ether oxygens (including phenoxy) is 1. The first kappa shape index (κ1) is 26.6. The van der Waals surface area contributed by atoms with Gasteiger partial charge in [-0.25, -0.2) is 4.79 Å². The lowest BCUT2D eigenvalue weighted by Gasteiger charge is -2.23. The van der Waals surface area contributed by atoms with E-state index in [1.807, 2.05) is 56.0 Å². The monoisotopic (exact) mass is 520 g/mol. The second-order valence-corrected chi connectivity index (χ2v) is 15.3. The van der Waals surface area contributed by atoms with Gasteiger partial charge in [0.15, 0.2) is 0 Å². The minimum atomic E-state index is -5.23. The van der Waals surface area contributed by atoms with Gasteiger partial charge in [0.05, 0.1) is 0 Å². The van der Waals surface area contributed by atoms with Gasteiger partial charge in [-0.2, -0.15) is 0 Å². The van der Waals surface area contributed by atoms with Crippen LogP contribution in [0, 0.1) is 25.3 Å². The Bertz CT molecular complexity index is 1370. The van der Waals surface area contributed by atoms with Gasteiger partial charge in [-0.05, 0) is 47.2 Å². The van der Waals surface area contributed by atoms with Crippen molar-refractivity contribution >= 4 is 26.6 Å². The Morgan fingerprint density at radius 3 is 2.08 bits per heavy atom. The summed E-state index contributed by atoms with van der Waals surface area (Å²) in [6.07, 6.45) is -0.671. The highest BCUT2D eigenvalue weighted by molar-refractivity contribution is 6.84. The van der Waals surface area contributed by atoms with E-state index in [4.69, 9.17) is 4.74 Å². The maximum Gasteiger partial charge on any atom is 0.509 e. The molecule has 0 saturated carbocycles. The first-order valence-electron chi connectivity index (χ1n) is 12.3. The lowest BCUT2D eigenvalue weighted by molar-refractivity contribution is 0.142. The first-order chi connectivity index (χ1) is 17.4. The van der Waals surface area contributed by atoms with E-state index in [-0.39, 0.29) is 24.6 Å². The molecule has 0 fully saturated rings. The number of alkyl carbamates (subject to hydrolysis) is 1. The van der Waals surface area contributed by atoms with Crippen molar-refractivity contribution in [2.24, 2.45) is 0 Å². The zero-order valence-corrected chi connectivity index (χ0v) is 22.7. The zero-order valence-electron chi connectivity index (χ0n) is 21.7. The summed E-state index contributed by atoms with van der Waals surface area (Å²) in [5, 5.41) is 2.65. The van der Waals surface area contributed by atoms with Gasteiger partial charge in [0.2, 0.25) is 0 Å². The molecule has 3 nitrogen and oxygen atoms in total. The van der Waals surface area contributed by atoms with Gasteiger partial charge in [0, 0.05) is 18.0 Å². The highest BCUT2D eigenvalue weighted by atomic mass is 28.3. The van der Waals surface area contributed by atoms with Crippen molar-refractivity contribution in [3.8, 4) is 22.6 Å². The lowest BCUT2D eigenvalue weighted by atomic mass is 9.74. The summed E-state index contributed by atoms with van der Waals surface area (Å²) < 4.78 is 47.1. The molecule has 1 aliphatic rings. The highest BCUT2D eigenvalue weighted by Crippen LogP contribution is 2.44. The average Bonchev–Trinajstić information content (AvgIpc) is 3.14. The van der Waals surface area contributed by atoms with Crippen LogP contribution in [0.4, 0.5) is 17.7 Å². The number of hydrogen-bond acceptors (Lipinski definition) is 2. The maximum atomic E-state index is 13.9. The largest absolute Gasteiger partial charge is 0.509 e. The number of halogens is 3. The highest BCUT2D eigenvalue weighted by Gasteiger charge is 2.31. The fourth-order valence-electron chi connectivity index (χ4n) is 4.77. The van der Waals surface area contributed by atoms with E-state index in [2.05, 4.69) is 28.9 Å². The molecule has 1 N–H and O–H groups in total. The predicted molar refractivity (Wildman–Crippen MR) is 147 cm³/mol.